The second kappa shape index (κ2) is 5.83. The summed E-state index contributed by atoms with van der Waals surface area (Å²) in [5.74, 6) is 0. The van der Waals surface area contributed by atoms with Crippen LogP contribution in [0.4, 0.5) is 0 Å². The number of aryl methyl sites for hydroxylation is 1. The van der Waals surface area contributed by atoms with E-state index in [1.807, 2.05) is 19.1 Å². The Bertz CT molecular complexity index is 657. The highest BCUT2D eigenvalue weighted by atomic mass is 32.2. The third-order valence-corrected chi connectivity index (χ3v) is 7.67. The minimum atomic E-state index is -3.33. The van der Waals surface area contributed by atoms with E-state index in [1.54, 1.807) is 4.31 Å². The molecule has 1 N–H and O–H groups in total. The summed E-state index contributed by atoms with van der Waals surface area (Å²) in [4.78, 5) is 1.14. The van der Waals surface area contributed by atoms with Crippen LogP contribution in [0.1, 0.15) is 36.6 Å². The SMILES string of the molecule is CC1=CCN(S(=O)(=O)c2cc(C)c(CNC3CC3)s2)CC1. The lowest BCUT2D eigenvalue weighted by Gasteiger charge is -2.23. The maximum atomic E-state index is 12.7. The van der Waals surface area contributed by atoms with Gasteiger partial charge in [-0.25, -0.2) is 8.42 Å². The van der Waals surface area contributed by atoms with Gasteiger partial charge in [0.15, 0.2) is 0 Å². The van der Waals surface area contributed by atoms with Crippen LogP contribution in [-0.4, -0.2) is 31.9 Å². The van der Waals surface area contributed by atoms with Gasteiger partial charge in [0, 0.05) is 30.6 Å². The van der Waals surface area contributed by atoms with Crippen molar-refractivity contribution < 1.29 is 8.42 Å². The molecule has 0 bridgehead atoms. The minimum Gasteiger partial charge on any atom is -0.309 e. The fraction of sp³-hybridized carbons (Fsp3) is 0.600. The number of thiophene rings is 1. The Morgan fingerprint density at radius 3 is 2.76 bits per heavy atom. The average molecular weight is 326 g/mol. The first kappa shape index (κ1) is 15.2. The lowest BCUT2D eigenvalue weighted by Crippen LogP contribution is -2.34. The molecule has 1 aliphatic carbocycles. The van der Waals surface area contributed by atoms with Gasteiger partial charge in [0.1, 0.15) is 4.21 Å². The van der Waals surface area contributed by atoms with Crippen molar-refractivity contribution in [1.29, 1.82) is 0 Å². The van der Waals surface area contributed by atoms with Crippen LogP contribution < -0.4 is 5.32 Å². The number of nitrogens with one attached hydrogen (secondary N) is 1. The van der Waals surface area contributed by atoms with Crippen molar-refractivity contribution in [2.24, 2.45) is 0 Å². The van der Waals surface area contributed by atoms with Crippen LogP contribution in [0, 0.1) is 6.92 Å². The van der Waals surface area contributed by atoms with E-state index in [1.165, 1.54) is 29.8 Å². The molecule has 2 heterocycles. The topological polar surface area (TPSA) is 49.4 Å². The van der Waals surface area contributed by atoms with E-state index in [0.717, 1.165) is 23.4 Å². The molecule has 4 nitrogen and oxygen atoms in total. The molecule has 0 saturated heterocycles. The predicted octanol–water partition coefficient (Wildman–Crippen LogP) is 2.65. The fourth-order valence-electron chi connectivity index (χ4n) is 2.41. The zero-order valence-corrected chi connectivity index (χ0v) is 14.2. The molecule has 0 unspecified atom stereocenters. The third kappa shape index (κ3) is 3.39. The maximum absolute atomic E-state index is 12.7. The summed E-state index contributed by atoms with van der Waals surface area (Å²) in [5.41, 5.74) is 2.36. The molecule has 1 aliphatic heterocycles. The quantitative estimate of drug-likeness (QED) is 0.846. The van der Waals surface area contributed by atoms with Gasteiger partial charge in [-0.2, -0.15) is 4.31 Å². The molecule has 1 aromatic rings. The van der Waals surface area contributed by atoms with Crippen molar-refractivity contribution in [2.75, 3.05) is 13.1 Å². The van der Waals surface area contributed by atoms with Crippen molar-refractivity contribution >= 4 is 21.4 Å². The monoisotopic (exact) mass is 326 g/mol. The van der Waals surface area contributed by atoms with Gasteiger partial charge in [0.2, 0.25) is 0 Å². The highest BCUT2D eigenvalue weighted by Crippen LogP contribution is 2.30. The van der Waals surface area contributed by atoms with Crippen LogP contribution in [0.2, 0.25) is 0 Å². The summed E-state index contributed by atoms with van der Waals surface area (Å²) in [6, 6.07) is 2.47. The van der Waals surface area contributed by atoms with Crippen molar-refractivity contribution in [3.05, 3.63) is 28.2 Å². The lowest BCUT2D eigenvalue weighted by molar-refractivity contribution is 0.433. The molecule has 0 aromatic carbocycles. The van der Waals surface area contributed by atoms with Crippen molar-refractivity contribution in [3.63, 3.8) is 0 Å². The second-order valence-corrected chi connectivity index (χ2v) is 9.29. The Morgan fingerprint density at radius 1 is 1.38 bits per heavy atom. The van der Waals surface area contributed by atoms with Gasteiger partial charge in [-0.3, -0.25) is 0 Å². The maximum Gasteiger partial charge on any atom is 0.252 e. The van der Waals surface area contributed by atoms with Crippen LogP contribution in [0.15, 0.2) is 21.9 Å². The molecule has 1 aromatic heterocycles. The first-order valence-electron chi connectivity index (χ1n) is 7.45. The van der Waals surface area contributed by atoms with Gasteiger partial charge in [0.05, 0.1) is 0 Å². The molecule has 21 heavy (non-hydrogen) atoms. The van der Waals surface area contributed by atoms with Gasteiger partial charge < -0.3 is 5.32 Å². The Hall–Kier alpha value is -0.690. The van der Waals surface area contributed by atoms with Crippen LogP contribution in [0.25, 0.3) is 0 Å². The third-order valence-electron chi connectivity index (χ3n) is 4.12. The Balaban J connectivity index is 1.77. The van der Waals surface area contributed by atoms with Crippen LogP contribution >= 0.6 is 11.3 Å². The summed E-state index contributed by atoms with van der Waals surface area (Å²) in [7, 11) is -3.33. The molecule has 0 radical (unpaired) electrons. The van der Waals surface area contributed by atoms with Crippen molar-refractivity contribution in [2.45, 2.75) is 49.9 Å². The predicted molar refractivity (Wildman–Crippen MR) is 86.1 cm³/mol. The van der Waals surface area contributed by atoms with Crippen LogP contribution in [-0.2, 0) is 16.6 Å². The molecular weight excluding hydrogens is 304 g/mol. The summed E-state index contributed by atoms with van der Waals surface area (Å²) in [6.45, 7) is 5.94. The first-order valence-corrected chi connectivity index (χ1v) is 9.71. The molecule has 1 fully saturated rings. The number of hydrogen-bond acceptors (Lipinski definition) is 4. The average Bonchev–Trinajstić information content (AvgIpc) is 3.19. The lowest BCUT2D eigenvalue weighted by atomic mass is 10.1. The summed E-state index contributed by atoms with van der Waals surface area (Å²) in [5, 5.41) is 3.46. The molecule has 0 atom stereocenters. The van der Waals surface area contributed by atoms with Gasteiger partial charge >= 0.3 is 0 Å². The molecule has 0 spiro atoms. The van der Waals surface area contributed by atoms with Gasteiger partial charge in [0.25, 0.3) is 10.0 Å². The summed E-state index contributed by atoms with van der Waals surface area (Å²) >= 11 is 1.42. The minimum absolute atomic E-state index is 0.487. The van der Waals surface area contributed by atoms with Gasteiger partial charge in [-0.15, -0.1) is 11.3 Å². The van der Waals surface area contributed by atoms with E-state index in [2.05, 4.69) is 12.2 Å². The van der Waals surface area contributed by atoms with E-state index in [0.29, 0.717) is 23.3 Å². The smallest absolute Gasteiger partial charge is 0.252 e. The fourth-order valence-corrected chi connectivity index (χ4v) is 5.49. The molecule has 6 heteroatoms. The molecule has 2 aliphatic rings. The Kier molecular flexibility index (Phi) is 4.23. The van der Waals surface area contributed by atoms with E-state index in [-0.39, 0.29) is 0 Å². The first-order chi connectivity index (χ1) is 9.96. The number of sulfonamides is 1. The van der Waals surface area contributed by atoms with Crippen molar-refractivity contribution in [3.8, 4) is 0 Å². The van der Waals surface area contributed by atoms with Crippen LogP contribution in [0.3, 0.4) is 0 Å². The van der Waals surface area contributed by atoms with Gasteiger partial charge in [-0.05, 0) is 44.7 Å². The van der Waals surface area contributed by atoms with E-state index in [9.17, 15) is 8.42 Å². The number of hydrogen-bond donors (Lipinski definition) is 1. The number of rotatable bonds is 5. The zero-order chi connectivity index (χ0) is 15.0. The van der Waals surface area contributed by atoms with E-state index < -0.39 is 10.0 Å². The molecule has 116 valence electrons. The largest absolute Gasteiger partial charge is 0.309 e. The number of nitrogens with zero attached hydrogens (tertiary/aromatic N) is 1. The van der Waals surface area contributed by atoms with E-state index in [4.69, 9.17) is 0 Å². The molecule has 0 amide bonds. The van der Waals surface area contributed by atoms with E-state index >= 15 is 0 Å². The van der Waals surface area contributed by atoms with Gasteiger partial charge in [-0.1, -0.05) is 11.6 Å². The highest BCUT2D eigenvalue weighted by Gasteiger charge is 2.28. The molecular formula is C15H22N2O2S2. The molecule has 1 saturated carbocycles. The zero-order valence-electron chi connectivity index (χ0n) is 12.6. The summed E-state index contributed by atoms with van der Waals surface area (Å²) in [6.07, 6.45) is 5.33. The Morgan fingerprint density at radius 2 is 2.14 bits per heavy atom. The highest BCUT2D eigenvalue weighted by molar-refractivity contribution is 7.91. The second-order valence-electron chi connectivity index (χ2n) is 5.99. The normalized spacial score (nSPS) is 20.6. The molecule has 3 rings (SSSR count). The Labute approximate surface area is 130 Å². The standard InChI is InChI=1S/C15H22N2O2S2/c1-11-5-7-17(8-6-11)21(18,19)15-9-12(2)14(20-15)10-16-13-3-4-13/h5,9,13,16H,3-4,6-8,10H2,1-2H3. The van der Waals surface area contributed by atoms with Crippen LogP contribution in [0.5, 0.6) is 0 Å². The van der Waals surface area contributed by atoms with Crippen molar-refractivity contribution in [1.82, 2.24) is 9.62 Å². The summed E-state index contributed by atoms with van der Waals surface area (Å²) < 4.78 is 27.5.